The number of aryl methyl sites for hydroxylation is 1. The number of carbonyl (C=O) groups excluding carboxylic acids is 1. The van der Waals surface area contributed by atoms with Gasteiger partial charge in [-0.1, -0.05) is 29.8 Å². The van der Waals surface area contributed by atoms with Gasteiger partial charge in [-0.15, -0.1) is 0 Å². The van der Waals surface area contributed by atoms with Crippen molar-refractivity contribution in [1.82, 2.24) is 14.8 Å². The molecule has 0 aliphatic heterocycles. The van der Waals surface area contributed by atoms with Crippen molar-refractivity contribution < 1.29 is 4.79 Å². The standard InChI is InChI=1S/C20H17N3O/c1-13-4-3-5-15(10-13)18-8-9-23(22-18)20-7-6-16-11-17(14(2)24)12-19(16)21-20/h3-10,12H,11H2,1-2H3. The van der Waals surface area contributed by atoms with E-state index in [-0.39, 0.29) is 5.78 Å². The fraction of sp³-hybridized carbons (Fsp3) is 0.150. The van der Waals surface area contributed by atoms with Gasteiger partial charge in [0.1, 0.15) is 0 Å². The van der Waals surface area contributed by atoms with E-state index in [1.54, 1.807) is 11.6 Å². The van der Waals surface area contributed by atoms with Crippen LogP contribution in [0.4, 0.5) is 0 Å². The number of allylic oxidation sites excluding steroid dienone is 1. The van der Waals surface area contributed by atoms with E-state index in [9.17, 15) is 4.79 Å². The van der Waals surface area contributed by atoms with Crippen molar-refractivity contribution in [2.45, 2.75) is 20.3 Å². The van der Waals surface area contributed by atoms with Crippen LogP contribution in [0, 0.1) is 6.92 Å². The molecule has 0 unspecified atom stereocenters. The van der Waals surface area contributed by atoms with E-state index < -0.39 is 0 Å². The molecule has 1 aromatic carbocycles. The molecule has 0 fully saturated rings. The van der Waals surface area contributed by atoms with Gasteiger partial charge < -0.3 is 0 Å². The fourth-order valence-corrected chi connectivity index (χ4v) is 2.95. The molecule has 4 heteroatoms. The average molecular weight is 315 g/mol. The highest BCUT2D eigenvalue weighted by Gasteiger charge is 2.17. The molecular weight excluding hydrogens is 298 g/mol. The van der Waals surface area contributed by atoms with Crippen molar-refractivity contribution in [3.05, 3.63) is 71.1 Å². The smallest absolute Gasteiger partial charge is 0.156 e. The SMILES string of the molecule is CC(=O)C1=Cc2nc(-n3ccc(-c4cccc(C)c4)n3)ccc2C1. The number of hydrogen-bond donors (Lipinski definition) is 0. The van der Waals surface area contributed by atoms with E-state index in [4.69, 9.17) is 0 Å². The van der Waals surface area contributed by atoms with Crippen LogP contribution < -0.4 is 0 Å². The Morgan fingerprint density at radius 3 is 2.83 bits per heavy atom. The van der Waals surface area contributed by atoms with Gasteiger partial charge in [-0.2, -0.15) is 5.10 Å². The molecule has 2 aromatic heterocycles. The van der Waals surface area contributed by atoms with Gasteiger partial charge >= 0.3 is 0 Å². The fourth-order valence-electron chi connectivity index (χ4n) is 2.95. The van der Waals surface area contributed by atoms with Crippen LogP contribution >= 0.6 is 0 Å². The second-order valence-corrected chi connectivity index (χ2v) is 6.13. The van der Waals surface area contributed by atoms with Crippen molar-refractivity contribution in [2.24, 2.45) is 0 Å². The van der Waals surface area contributed by atoms with Gasteiger partial charge in [0.2, 0.25) is 0 Å². The molecule has 0 bridgehead atoms. The second kappa shape index (κ2) is 5.57. The van der Waals surface area contributed by atoms with E-state index in [0.717, 1.165) is 33.9 Å². The maximum Gasteiger partial charge on any atom is 0.156 e. The number of rotatable bonds is 3. The minimum Gasteiger partial charge on any atom is -0.295 e. The van der Waals surface area contributed by atoms with Crippen LogP contribution in [0.1, 0.15) is 23.7 Å². The molecular formula is C20H17N3O. The monoisotopic (exact) mass is 315 g/mol. The lowest BCUT2D eigenvalue weighted by Gasteiger charge is -2.04. The van der Waals surface area contributed by atoms with Crippen molar-refractivity contribution in [3.63, 3.8) is 0 Å². The third-order valence-corrected chi connectivity index (χ3v) is 4.28. The maximum absolute atomic E-state index is 11.5. The average Bonchev–Trinajstić information content (AvgIpc) is 3.21. The number of fused-ring (bicyclic) bond motifs is 1. The summed E-state index contributed by atoms with van der Waals surface area (Å²) >= 11 is 0. The first-order valence-electron chi connectivity index (χ1n) is 7.95. The van der Waals surface area contributed by atoms with Crippen LogP contribution in [0.5, 0.6) is 0 Å². The third kappa shape index (κ3) is 2.56. The van der Waals surface area contributed by atoms with E-state index in [1.807, 2.05) is 36.5 Å². The van der Waals surface area contributed by atoms with Crippen LogP contribution in [0.3, 0.4) is 0 Å². The number of hydrogen-bond acceptors (Lipinski definition) is 3. The van der Waals surface area contributed by atoms with Crippen molar-refractivity contribution in [1.29, 1.82) is 0 Å². The lowest BCUT2D eigenvalue weighted by atomic mass is 10.1. The molecule has 0 saturated heterocycles. The Morgan fingerprint density at radius 1 is 1.17 bits per heavy atom. The summed E-state index contributed by atoms with van der Waals surface area (Å²) in [5.41, 5.74) is 5.99. The van der Waals surface area contributed by atoms with Gasteiger partial charge in [0.05, 0.1) is 11.4 Å². The Morgan fingerprint density at radius 2 is 2.04 bits per heavy atom. The molecule has 0 N–H and O–H groups in total. The molecule has 0 atom stereocenters. The zero-order chi connectivity index (χ0) is 16.7. The Hall–Kier alpha value is -3.01. The van der Waals surface area contributed by atoms with Gasteiger partial charge in [0.25, 0.3) is 0 Å². The molecule has 1 aliphatic rings. The predicted molar refractivity (Wildman–Crippen MR) is 93.9 cm³/mol. The summed E-state index contributed by atoms with van der Waals surface area (Å²) in [6.07, 6.45) is 4.47. The highest BCUT2D eigenvalue weighted by molar-refractivity contribution is 5.99. The van der Waals surface area contributed by atoms with Gasteiger partial charge in [-0.25, -0.2) is 9.67 Å². The summed E-state index contributed by atoms with van der Waals surface area (Å²) in [4.78, 5) is 16.2. The minimum atomic E-state index is 0.107. The first kappa shape index (κ1) is 14.6. The Balaban J connectivity index is 1.69. The zero-order valence-corrected chi connectivity index (χ0v) is 13.7. The van der Waals surface area contributed by atoms with Crippen molar-refractivity contribution in [2.75, 3.05) is 0 Å². The predicted octanol–water partition coefficient (Wildman–Crippen LogP) is 3.77. The van der Waals surface area contributed by atoms with Crippen molar-refractivity contribution in [3.8, 4) is 17.1 Å². The molecule has 4 rings (SSSR count). The molecule has 4 nitrogen and oxygen atoms in total. The lowest BCUT2D eigenvalue weighted by molar-refractivity contribution is -0.113. The summed E-state index contributed by atoms with van der Waals surface area (Å²) in [6, 6.07) is 14.2. The van der Waals surface area contributed by atoms with Gasteiger partial charge in [0, 0.05) is 23.8 Å². The summed E-state index contributed by atoms with van der Waals surface area (Å²) < 4.78 is 1.78. The number of ketones is 1. The Bertz CT molecular complexity index is 982. The second-order valence-electron chi connectivity index (χ2n) is 6.13. The van der Waals surface area contributed by atoms with Crippen LogP contribution in [0.25, 0.3) is 23.2 Å². The number of benzene rings is 1. The first-order chi connectivity index (χ1) is 11.6. The zero-order valence-electron chi connectivity index (χ0n) is 13.7. The van der Waals surface area contributed by atoms with Gasteiger partial charge in [-0.3, -0.25) is 4.79 Å². The molecule has 0 spiro atoms. The van der Waals surface area contributed by atoms with Gasteiger partial charge in [-0.05, 0) is 43.7 Å². The highest BCUT2D eigenvalue weighted by Crippen LogP contribution is 2.25. The largest absolute Gasteiger partial charge is 0.295 e. The van der Waals surface area contributed by atoms with E-state index in [2.05, 4.69) is 35.2 Å². The number of Topliss-reactive ketones (excluding diaryl/α,β-unsaturated/α-hetero) is 1. The normalized spacial score (nSPS) is 12.8. The van der Waals surface area contributed by atoms with Crippen LogP contribution in [-0.4, -0.2) is 20.5 Å². The number of aromatic nitrogens is 3. The van der Waals surface area contributed by atoms with Crippen LogP contribution in [0.15, 0.2) is 54.2 Å². The first-order valence-corrected chi connectivity index (χ1v) is 7.95. The molecule has 1 aliphatic carbocycles. The lowest BCUT2D eigenvalue weighted by Crippen LogP contribution is -2.00. The van der Waals surface area contributed by atoms with E-state index in [0.29, 0.717) is 6.42 Å². The number of pyridine rings is 1. The Labute approximate surface area is 140 Å². The molecule has 0 saturated carbocycles. The highest BCUT2D eigenvalue weighted by atomic mass is 16.1. The minimum absolute atomic E-state index is 0.107. The summed E-state index contributed by atoms with van der Waals surface area (Å²) in [7, 11) is 0. The Kier molecular flexibility index (Phi) is 3.38. The summed E-state index contributed by atoms with van der Waals surface area (Å²) in [5.74, 6) is 0.865. The molecule has 2 heterocycles. The molecule has 118 valence electrons. The van der Waals surface area contributed by atoms with Gasteiger partial charge in [0.15, 0.2) is 11.6 Å². The van der Waals surface area contributed by atoms with Crippen LogP contribution in [-0.2, 0) is 11.2 Å². The summed E-state index contributed by atoms with van der Waals surface area (Å²) in [5, 5.41) is 4.64. The topological polar surface area (TPSA) is 47.8 Å². The molecule has 0 radical (unpaired) electrons. The molecule has 3 aromatic rings. The molecule has 0 amide bonds. The summed E-state index contributed by atoms with van der Waals surface area (Å²) in [6.45, 7) is 3.67. The number of carbonyl (C=O) groups is 1. The van der Waals surface area contributed by atoms with E-state index >= 15 is 0 Å². The van der Waals surface area contributed by atoms with E-state index in [1.165, 1.54) is 5.56 Å². The number of nitrogens with zero attached hydrogens (tertiary/aromatic N) is 3. The van der Waals surface area contributed by atoms with Crippen LogP contribution in [0.2, 0.25) is 0 Å². The third-order valence-electron chi connectivity index (χ3n) is 4.28. The van der Waals surface area contributed by atoms with Crippen molar-refractivity contribution >= 4 is 11.9 Å². The quantitative estimate of drug-likeness (QED) is 0.739. The molecule has 24 heavy (non-hydrogen) atoms. The maximum atomic E-state index is 11.5.